The molecule has 0 heterocycles. The van der Waals surface area contributed by atoms with Gasteiger partial charge in [0.05, 0.1) is 12.7 Å². The average molecular weight is 350 g/mol. The lowest BCUT2D eigenvalue weighted by Crippen LogP contribution is -2.03. The maximum absolute atomic E-state index is 11.7. The average Bonchev–Trinajstić information content (AvgIpc) is 2.57. The van der Waals surface area contributed by atoms with Gasteiger partial charge in [0.15, 0.2) is 5.78 Å². The van der Waals surface area contributed by atoms with Gasteiger partial charge in [-0.3, -0.25) is 9.59 Å². The zero-order valence-corrected chi connectivity index (χ0v) is 15.8. The molecular weight excluding hydrogens is 316 g/mol. The van der Waals surface area contributed by atoms with Crippen LogP contribution < -0.4 is 0 Å². The molecule has 0 aliphatic rings. The quantitative estimate of drug-likeness (QED) is 0.202. The second-order valence-electron chi connectivity index (χ2n) is 6.02. The minimum atomic E-state index is -0.391. The number of esters is 1. The molecule has 0 saturated carbocycles. The zero-order chi connectivity index (χ0) is 18.8. The number of aliphatic hydroxyl groups is 1. The normalized spacial score (nSPS) is 13.1. The second-order valence-corrected chi connectivity index (χ2v) is 6.02. The van der Waals surface area contributed by atoms with Crippen molar-refractivity contribution in [3.05, 3.63) is 36.5 Å². The summed E-state index contributed by atoms with van der Waals surface area (Å²) < 4.78 is 4.87. The number of aliphatic hydroxyl groups excluding tert-OH is 1. The molecule has 142 valence electrons. The Balaban J connectivity index is 3.62. The fraction of sp³-hybridized carbons (Fsp3) is 0.619. The Kier molecular flexibility index (Phi) is 16.0. The summed E-state index contributed by atoms with van der Waals surface area (Å²) >= 11 is 0. The number of allylic oxidation sites excluding steroid dienone is 5. The molecule has 0 saturated heterocycles. The molecule has 0 fully saturated rings. The molecule has 0 aromatic rings. The van der Waals surface area contributed by atoms with E-state index in [-0.39, 0.29) is 11.8 Å². The SMILES string of the molecule is CCCC(O)C=CC=CC=CC(=O)CCCCCCCC(=O)OCC. The summed E-state index contributed by atoms with van der Waals surface area (Å²) in [4.78, 5) is 22.8. The molecular formula is C21H34O4. The number of carbonyl (C=O) groups excluding carboxylic acids is 2. The molecule has 0 amide bonds. The van der Waals surface area contributed by atoms with Gasteiger partial charge in [-0.25, -0.2) is 0 Å². The first kappa shape index (κ1) is 23.3. The Labute approximate surface area is 152 Å². The maximum Gasteiger partial charge on any atom is 0.305 e. The van der Waals surface area contributed by atoms with E-state index in [0.717, 1.165) is 44.9 Å². The molecule has 0 aromatic heterocycles. The van der Waals surface area contributed by atoms with Gasteiger partial charge in [0.25, 0.3) is 0 Å². The molecule has 0 radical (unpaired) electrons. The fourth-order valence-corrected chi connectivity index (χ4v) is 2.29. The van der Waals surface area contributed by atoms with Crippen LogP contribution in [0.3, 0.4) is 0 Å². The summed E-state index contributed by atoms with van der Waals surface area (Å²) in [6, 6.07) is 0. The van der Waals surface area contributed by atoms with E-state index in [2.05, 4.69) is 0 Å². The van der Waals surface area contributed by atoms with Crippen LogP contribution in [0.4, 0.5) is 0 Å². The number of rotatable bonds is 15. The molecule has 1 N–H and O–H groups in total. The van der Waals surface area contributed by atoms with Gasteiger partial charge in [0, 0.05) is 12.8 Å². The van der Waals surface area contributed by atoms with Crippen LogP contribution in [-0.2, 0) is 14.3 Å². The van der Waals surface area contributed by atoms with Crippen LogP contribution >= 0.6 is 0 Å². The first-order valence-corrected chi connectivity index (χ1v) is 9.48. The number of ether oxygens (including phenoxy) is 1. The van der Waals surface area contributed by atoms with Gasteiger partial charge in [0.1, 0.15) is 0 Å². The highest BCUT2D eigenvalue weighted by Crippen LogP contribution is 2.08. The monoisotopic (exact) mass is 350 g/mol. The lowest BCUT2D eigenvalue weighted by molar-refractivity contribution is -0.143. The van der Waals surface area contributed by atoms with Crippen molar-refractivity contribution in [2.45, 2.75) is 77.7 Å². The van der Waals surface area contributed by atoms with Crippen LogP contribution in [0, 0.1) is 0 Å². The summed E-state index contributed by atoms with van der Waals surface area (Å²) in [6.07, 6.45) is 17.7. The van der Waals surface area contributed by atoms with Gasteiger partial charge in [-0.1, -0.05) is 63.0 Å². The maximum atomic E-state index is 11.7. The van der Waals surface area contributed by atoms with Crippen molar-refractivity contribution in [1.29, 1.82) is 0 Å². The summed E-state index contributed by atoms with van der Waals surface area (Å²) in [5.74, 6) is 0.0109. The zero-order valence-electron chi connectivity index (χ0n) is 15.8. The van der Waals surface area contributed by atoms with E-state index in [9.17, 15) is 14.7 Å². The molecule has 1 unspecified atom stereocenters. The van der Waals surface area contributed by atoms with E-state index >= 15 is 0 Å². The fourth-order valence-electron chi connectivity index (χ4n) is 2.29. The van der Waals surface area contributed by atoms with E-state index in [1.54, 1.807) is 30.4 Å². The summed E-state index contributed by atoms with van der Waals surface area (Å²) in [7, 11) is 0. The van der Waals surface area contributed by atoms with Crippen LogP contribution in [0.1, 0.15) is 71.6 Å². The Bertz CT molecular complexity index is 435. The minimum Gasteiger partial charge on any atom is -0.466 e. The highest BCUT2D eigenvalue weighted by atomic mass is 16.5. The van der Waals surface area contributed by atoms with Gasteiger partial charge in [0.2, 0.25) is 0 Å². The van der Waals surface area contributed by atoms with Gasteiger partial charge >= 0.3 is 5.97 Å². The number of ketones is 1. The number of carbonyl (C=O) groups is 2. The van der Waals surface area contributed by atoms with Crippen LogP contribution in [0.25, 0.3) is 0 Å². The number of unbranched alkanes of at least 4 members (excludes halogenated alkanes) is 4. The van der Waals surface area contributed by atoms with Gasteiger partial charge in [-0.2, -0.15) is 0 Å². The molecule has 0 bridgehead atoms. The largest absolute Gasteiger partial charge is 0.466 e. The third-order valence-electron chi connectivity index (χ3n) is 3.64. The van der Waals surface area contributed by atoms with Crippen molar-refractivity contribution in [3.63, 3.8) is 0 Å². The van der Waals surface area contributed by atoms with Crippen molar-refractivity contribution < 1.29 is 19.4 Å². The Morgan fingerprint density at radius 1 is 0.920 bits per heavy atom. The molecule has 0 aromatic carbocycles. The van der Waals surface area contributed by atoms with Crippen molar-refractivity contribution in [3.8, 4) is 0 Å². The second kappa shape index (κ2) is 17.2. The van der Waals surface area contributed by atoms with Crippen molar-refractivity contribution in [2.75, 3.05) is 6.61 Å². The smallest absolute Gasteiger partial charge is 0.305 e. The molecule has 0 rings (SSSR count). The van der Waals surface area contributed by atoms with Crippen molar-refractivity contribution >= 4 is 11.8 Å². The molecule has 4 nitrogen and oxygen atoms in total. The number of hydrogen-bond donors (Lipinski definition) is 1. The van der Waals surface area contributed by atoms with Gasteiger partial charge in [-0.05, 0) is 32.3 Å². The topological polar surface area (TPSA) is 63.6 Å². The summed E-state index contributed by atoms with van der Waals surface area (Å²) in [5, 5.41) is 9.50. The van der Waals surface area contributed by atoms with Crippen LogP contribution in [0.15, 0.2) is 36.5 Å². The van der Waals surface area contributed by atoms with E-state index < -0.39 is 6.10 Å². The van der Waals surface area contributed by atoms with E-state index in [1.165, 1.54) is 0 Å². The lowest BCUT2D eigenvalue weighted by Gasteiger charge is -2.01. The standard InChI is InChI=1S/C21H34O4/c1-3-14-19(22)15-11-8-9-12-17-20(23)16-10-6-5-7-13-18-21(24)25-4-2/h8-9,11-12,15,17,19,22H,3-7,10,13-14,16,18H2,1-2H3. The molecule has 25 heavy (non-hydrogen) atoms. The predicted octanol–water partition coefficient (Wildman–Crippen LogP) is 4.68. The third kappa shape index (κ3) is 16.9. The third-order valence-corrected chi connectivity index (χ3v) is 3.64. The predicted molar refractivity (Wildman–Crippen MR) is 102 cm³/mol. The summed E-state index contributed by atoms with van der Waals surface area (Å²) in [6.45, 7) is 4.29. The van der Waals surface area contributed by atoms with Crippen molar-refractivity contribution in [2.24, 2.45) is 0 Å². The first-order valence-electron chi connectivity index (χ1n) is 9.48. The molecule has 4 heteroatoms. The first-order chi connectivity index (χ1) is 12.1. The Morgan fingerprint density at radius 3 is 2.24 bits per heavy atom. The van der Waals surface area contributed by atoms with Gasteiger partial charge < -0.3 is 9.84 Å². The van der Waals surface area contributed by atoms with Crippen LogP contribution in [0.2, 0.25) is 0 Å². The Hall–Kier alpha value is -1.68. The number of hydrogen-bond acceptors (Lipinski definition) is 4. The van der Waals surface area contributed by atoms with E-state index in [4.69, 9.17) is 4.74 Å². The van der Waals surface area contributed by atoms with Crippen LogP contribution in [-0.4, -0.2) is 29.6 Å². The molecule has 1 atom stereocenters. The Morgan fingerprint density at radius 2 is 1.56 bits per heavy atom. The molecule has 0 aliphatic carbocycles. The summed E-state index contributed by atoms with van der Waals surface area (Å²) in [5.41, 5.74) is 0. The van der Waals surface area contributed by atoms with Crippen molar-refractivity contribution in [1.82, 2.24) is 0 Å². The lowest BCUT2D eigenvalue weighted by atomic mass is 10.1. The molecule has 0 spiro atoms. The molecule has 0 aliphatic heterocycles. The van der Waals surface area contributed by atoms with Gasteiger partial charge in [-0.15, -0.1) is 0 Å². The highest BCUT2D eigenvalue weighted by Gasteiger charge is 2.01. The minimum absolute atomic E-state index is 0.120. The highest BCUT2D eigenvalue weighted by molar-refractivity contribution is 5.89. The van der Waals surface area contributed by atoms with E-state index in [0.29, 0.717) is 19.4 Å². The van der Waals surface area contributed by atoms with E-state index in [1.807, 2.05) is 19.9 Å². The van der Waals surface area contributed by atoms with Crippen LogP contribution in [0.5, 0.6) is 0 Å².